The summed E-state index contributed by atoms with van der Waals surface area (Å²) in [7, 11) is -3.95. The first-order valence-corrected chi connectivity index (χ1v) is 6.57. The predicted molar refractivity (Wildman–Crippen MR) is 61.0 cm³/mol. The minimum Gasteiger partial charge on any atom is -0.309 e. The van der Waals surface area contributed by atoms with Crippen molar-refractivity contribution in [3.8, 4) is 0 Å². The second kappa shape index (κ2) is 6.14. The van der Waals surface area contributed by atoms with Crippen LogP contribution in [0.3, 0.4) is 0 Å². The molecular weight excluding hydrogens is 230 g/mol. The average molecular weight is 248 g/mol. The normalized spacial score (nSPS) is 14.4. The zero-order valence-corrected chi connectivity index (χ0v) is 10.2. The van der Waals surface area contributed by atoms with E-state index in [1.54, 1.807) is 13.8 Å². The monoisotopic (exact) mass is 248 g/mol. The first-order valence-electron chi connectivity index (χ1n) is 6.02. The van der Waals surface area contributed by atoms with Crippen LogP contribution in [0.5, 0.6) is 0 Å². The highest BCUT2D eigenvalue weighted by Gasteiger charge is 2.23. The molecule has 16 heavy (non-hydrogen) atoms. The molecule has 0 unspecified atom stereocenters. The quantitative estimate of drug-likeness (QED) is 0.721. The van der Waals surface area contributed by atoms with Gasteiger partial charge in [-0.15, -0.1) is 0 Å². The summed E-state index contributed by atoms with van der Waals surface area (Å²) in [4.78, 5) is 0. The van der Waals surface area contributed by atoms with Crippen molar-refractivity contribution in [1.29, 1.82) is 0 Å². The van der Waals surface area contributed by atoms with Crippen LogP contribution in [0, 0.1) is 5.82 Å². The minimum atomic E-state index is -3.95. The highest BCUT2D eigenvalue weighted by molar-refractivity contribution is 7.53. The van der Waals surface area contributed by atoms with E-state index < -0.39 is 19.5 Å². The van der Waals surface area contributed by atoms with Crippen LogP contribution in [-0.2, 0) is 19.7 Å². The van der Waals surface area contributed by atoms with Gasteiger partial charge < -0.3 is 9.05 Å². The fourth-order valence-corrected chi connectivity index (χ4v) is 2.47. The Kier molecular flexibility index (Phi) is 4.01. The summed E-state index contributed by atoms with van der Waals surface area (Å²) in [5.41, 5.74) is 0.0640. The van der Waals surface area contributed by atoms with Crippen LogP contribution in [0.15, 0.2) is 24.3 Å². The van der Waals surface area contributed by atoms with E-state index in [1.807, 2.05) is 0 Å². The molecule has 90 valence electrons. The van der Waals surface area contributed by atoms with Crippen LogP contribution < -0.4 is 0 Å². The summed E-state index contributed by atoms with van der Waals surface area (Å²) < 4.78 is 51.0. The van der Waals surface area contributed by atoms with Crippen molar-refractivity contribution < 1.29 is 20.7 Å². The van der Waals surface area contributed by atoms with Gasteiger partial charge in [-0.3, -0.25) is 4.57 Å². The van der Waals surface area contributed by atoms with Crippen LogP contribution in [0.1, 0.15) is 22.2 Å². The topological polar surface area (TPSA) is 35.5 Å². The van der Waals surface area contributed by atoms with Gasteiger partial charge in [-0.25, -0.2) is 4.39 Å². The van der Waals surface area contributed by atoms with Crippen molar-refractivity contribution in [1.82, 2.24) is 0 Å². The summed E-state index contributed by atoms with van der Waals surface area (Å²) >= 11 is 0. The Morgan fingerprint density at radius 1 is 1.25 bits per heavy atom. The van der Waals surface area contributed by atoms with Gasteiger partial charge in [-0.1, -0.05) is 12.1 Å². The van der Waals surface area contributed by atoms with Crippen molar-refractivity contribution in [3.63, 3.8) is 0 Å². The summed E-state index contributed by atoms with van der Waals surface area (Å²) in [6, 6.07) is 4.69. The summed E-state index contributed by atoms with van der Waals surface area (Å²) in [6.45, 7) is 3.34. The smallest absolute Gasteiger partial charge is 0.309 e. The van der Waals surface area contributed by atoms with Crippen molar-refractivity contribution in [2.45, 2.75) is 20.0 Å². The van der Waals surface area contributed by atoms with E-state index in [4.69, 9.17) is 11.8 Å². The molecule has 0 atom stereocenters. The lowest BCUT2D eigenvalue weighted by Crippen LogP contribution is -1.99. The van der Waals surface area contributed by atoms with E-state index in [1.165, 1.54) is 12.1 Å². The molecule has 0 aliphatic heterocycles. The molecule has 0 amide bonds. The van der Waals surface area contributed by atoms with E-state index in [-0.39, 0.29) is 18.8 Å². The molecule has 3 nitrogen and oxygen atoms in total. The lowest BCUT2D eigenvalue weighted by molar-refractivity contribution is 0.219. The van der Waals surface area contributed by atoms with Gasteiger partial charge in [-0.2, -0.15) is 0 Å². The molecule has 0 bridgehead atoms. The Balaban J connectivity index is 3.15. The summed E-state index contributed by atoms with van der Waals surface area (Å²) in [6.07, 6.45) is -2.31. The van der Waals surface area contributed by atoms with Gasteiger partial charge in [0.1, 0.15) is 5.82 Å². The number of hydrogen-bond donors (Lipinski definition) is 0. The van der Waals surface area contributed by atoms with Crippen LogP contribution in [0.4, 0.5) is 4.39 Å². The second-order valence-corrected chi connectivity index (χ2v) is 4.69. The molecule has 0 heterocycles. The van der Waals surface area contributed by atoms with Gasteiger partial charge in [0.25, 0.3) is 0 Å². The van der Waals surface area contributed by atoms with Crippen LogP contribution in [-0.4, -0.2) is 13.2 Å². The maximum Gasteiger partial charge on any atom is 0.335 e. The Labute approximate surface area is 97.9 Å². The largest absolute Gasteiger partial charge is 0.335 e. The fraction of sp³-hybridized carbons (Fsp3) is 0.455. The standard InChI is InChI=1S/C11H16FO3P/c1-3-14-16(13,15-4-2)9-10-5-7-11(12)8-6-10/h5-8H,3-4,9H2,1-2H3/i9D2. The third kappa shape index (κ3) is 4.05. The van der Waals surface area contributed by atoms with Crippen LogP contribution >= 0.6 is 7.60 Å². The van der Waals surface area contributed by atoms with Gasteiger partial charge in [0.15, 0.2) is 0 Å². The molecular formula is C11H16FO3P. The van der Waals surface area contributed by atoms with Crippen molar-refractivity contribution in [3.05, 3.63) is 35.6 Å². The number of hydrogen-bond acceptors (Lipinski definition) is 3. The molecule has 1 aromatic rings. The Hall–Kier alpha value is -0.700. The SMILES string of the molecule is [2H]C([2H])(c1ccc(F)cc1)P(=O)(OCC)OCC. The highest BCUT2D eigenvalue weighted by atomic mass is 31.2. The number of benzene rings is 1. The third-order valence-electron chi connectivity index (χ3n) is 1.71. The lowest BCUT2D eigenvalue weighted by atomic mass is 10.2. The molecule has 0 saturated carbocycles. The molecule has 1 rings (SSSR count). The zero-order valence-electron chi connectivity index (χ0n) is 11.3. The van der Waals surface area contributed by atoms with E-state index in [0.29, 0.717) is 0 Å². The molecule has 0 aliphatic carbocycles. The Morgan fingerprint density at radius 3 is 2.19 bits per heavy atom. The van der Waals surface area contributed by atoms with Crippen molar-refractivity contribution in [2.75, 3.05) is 13.2 Å². The molecule has 0 aliphatic rings. The number of halogens is 1. The highest BCUT2D eigenvalue weighted by Crippen LogP contribution is 2.51. The predicted octanol–water partition coefficient (Wildman–Crippen LogP) is 3.59. The lowest BCUT2D eigenvalue weighted by Gasteiger charge is -2.16. The van der Waals surface area contributed by atoms with Gasteiger partial charge in [0, 0.05) is 2.74 Å². The summed E-state index contributed by atoms with van der Waals surface area (Å²) in [5, 5.41) is 0. The molecule has 0 saturated heterocycles. The first kappa shape index (κ1) is 10.5. The van der Waals surface area contributed by atoms with Gasteiger partial charge in [-0.05, 0) is 31.5 Å². The average Bonchev–Trinajstić information content (AvgIpc) is 2.30. The van der Waals surface area contributed by atoms with E-state index in [9.17, 15) is 8.96 Å². The van der Waals surface area contributed by atoms with E-state index in [0.717, 1.165) is 12.1 Å². The molecule has 0 aromatic heterocycles. The third-order valence-corrected chi connectivity index (χ3v) is 3.44. The maximum atomic E-state index is 12.8. The Bertz CT molecular complexity index is 426. The van der Waals surface area contributed by atoms with E-state index in [2.05, 4.69) is 0 Å². The van der Waals surface area contributed by atoms with Gasteiger partial charge in [0.2, 0.25) is 0 Å². The maximum absolute atomic E-state index is 12.8. The zero-order chi connectivity index (χ0) is 13.8. The van der Waals surface area contributed by atoms with Crippen LogP contribution in [0.25, 0.3) is 0 Å². The molecule has 5 heteroatoms. The van der Waals surface area contributed by atoms with Crippen LogP contribution in [0.2, 0.25) is 0 Å². The molecule has 0 spiro atoms. The fourth-order valence-electron chi connectivity index (χ4n) is 1.12. The molecule has 0 radical (unpaired) electrons. The molecule has 0 fully saturated rings. The van der Waals surface area contributed by atoms with Gasteiger partial charge >= 0.3 is 7.60 Å². The molecule has 1 aromatic carbocycles. The van der Waals surface area contributed by atoms with E-state index >= 15 is 0 Å². The molecule has 0 N–H and O–H groups in total. The Morgan fingerprint density at radius 2 is 1.75 bits per heavy atom. The minimum absolute atomic E-state index is 0.0640. The van der Waals surface area contributed by atoms with Crippen molar-refractivity contribution >= 4 is 7.60 Å². The second-order valence-electron chi connectivity index (χ2n) is 2.95. The van der Waals surface area contributed by atoms with Crippen molar-refractivity contribution in [2.24, 2.45) is 0 Å². The number of rotatable bonds is 6. The first-order chi connectivity index (χ1) is 8.37. The van der Waals surface area contributed by atoms with Gasteiger partial charge in [0.05, 0.1) is 19.3 Å². The summed E-state index contributed by atoms with van der Waals surface area (Å²) in [5.74, 6) is -0.489.